The van der Waals surface area contributed by atoms with Crippen LogP contribution < -0.4 is 10.5 Å². The Morgan fingerprint density at radius 1 is 0.826 bits per heavy atom. The quantitative estimate of drug-likeness (QED) is 0.751. The highest BCUT2D eigenvalue weighted by Crippen LogP contribution is 2.31. The molecule has 116 valence electrons. The molecule has 0 fully saturated rings. The third-order valence-electron chi connectivity index (χ3n) is 3.67. The van der Waals surface area contributed by atoms with E-state index in [1.165, 1.54) is 12.1 Å². The second-order valence-corrected chi connectivity index (χ2v) is 5.32. The summed E-state index contributed by atoms with van der Waals surface area (Å²) in [5, 5.41) is 0. The monoisotopic (exact) mass is 307 g/mol. The van der Waals surface area contributed by atoms with Crippen LogP contribution in [0.4, 0.5) is 4.39 Å². The van der Waals surface area contributed by atoms with Gasteiger partial charge >= 0.3 is 0 Å². The van der Waals surface area contributed by atoms with Crippen LogP contribution >= 0.6 is 0 Å². The first-order chi connectivity index (χ1) is 11.3. The Morgan fingerprint density at radius 3 is 2.26 bits per heavy atom. The summed E-state index contributed by atoms with van der Waals surface area (Å²) in [7, 11) is 0. The molecule has 0 aliphatic rings. The van der Waals surface area contributed by atoms with Crippen molar-refractivity contribution in [3.05, 3.63) is 89.7 Å². The highest BCUT2D eigenvalue weighted by Gasteiger charge is 2.08. The molecule has 0 atom stereocenters. The van der Waals surface area contributed by atoms with Crippen molar-refractivity contribution in [1.29, 1.82) is 0 Å². The van der Waals surface area contributed by atoms with E-state index in [0.29, 0.717) is 13.2 Å². The Bertz CT molecular complexity index is 769. The Balaban J connectivity index is 1.91. The number of hydrogen-bond donors (Lipinski definition) is 1. The lowest BCUT2D eigenvalue weighted by Crippen LogP contribution is -2.00. The fraction of sp³-hybridized carbons (Fsp3) is 0.100. The molecule has 3 rings (SSSR count). The Kier molecular flexibility index (Phi) is 4.69. The zero-order valence-corrected chi connectivity index (χ0v) is 12.7. The van der Waals surface area contributed by atoms with Crippen molar-refractivity contribution >= 4 is 0 Å². The zero-order chi connectivity index (χ0) is 16.1. The second kappa shape index (κ2) is 7.07. The number of nitrogens with two attached hydrogens (primary N) is 1. The number of hydrogen-bond acceptors (Lipinski definition) is 2. The van der Waals surface area contributed by atoms with Gasteiger partial charge in [0.2, 0.25) is 0 Å². The van der Waals surface area contributed by atoms with Crippen molar-refractivity contribution < 1.29 is 9.13 Å². The Hall–Kier alpha value is -2.65. The summed E-state index contributed by atoms with van der Waals surface area (Å²) in [6, 6.07) is 22.3. The zero-order valence-electron chi connectivity index (χ0n) is 12.7. The predicted molar refractivity (Wildman–Crippen MR) is 90.5 cm³/mol. The van der Waals surface area contributed by atoms with Gasteiger partial charge in [-0.05, 0) is 34.9 Å². The van der Waals surface area contributed by atoms with Gasteiger partial charge in [0.1, 0.15) is 18.2 Å². The molecule has 3 aromatic carbocycles. The number of ether oxygens (including phenoxy) is 1. The van der Waals surface area contributed by atoms with Crippen LogP contribution in [0.3, 0.4) is 0 Å². The smallest absolute Gasteiger partial charge is 0.127 e. The molecular weight excluding hydrogens is 289 g/mol. The minimum atomic E-state index is -0.251. The van der Waals surface area contributed by atoms with E-state index in [1.54, 1.807) is 12.1 Å². The summed E-state index contributed by atoms with van der Waals surface area (Å²) in [4.78, 5) is 0. The molecule has 0 bridgehead atoms. The van der Waals surface area contributed by atoms with Crippen LogP contribution in [0.15, 0.2) is 72.8 Å². The third kappa shape index (κ3) is 3.76. The summed E-state index contributed by atoms with van der Waals surface area (Å²) in [5.74, 6) is 0.502. The summed E-state index contributed by atoms with van der Waals surface area (Å²) in [6.45, 7) is 0.925. The van der Waals surface area contributed by atoms with E-state index in [1.807, 2.05) is 48.5 Å². The third-order valence-corrected chi connectivity index (χ3v) is 3.67. The molecule has 3 heteroatoms. The molecule has 0 spiro atoms. The molecule has 0 aromatic heterocycles. The summed E-state index contributed by atoms with van der Waals surface area (Å²) in [5.41, 5.74) is 9.67. The largest absolute Gasteiger partial charge is 0.488 e. The first-order valence-corrected chi connectivity index (χ1v) is 7.52. The van der Waals surface area contributed by atoms with Crippen LogP contribution in [0.1, 0.15) is 11.1 Å². The van der Waals surface area contributed by atoms with Crippen LogP contribution in [0.25, 0.3) is 11.1 Å². The lowest BCUT2D eigenvalue weighted by molar-refractivity contribution is 0.307. The van der Waals surface area contributed by atoms with Gasteiger partial charge in [0.25, 0.3) is 0 Å². The SMILES string of the molecule is NCc1ccc(-c2ccc(F)cc2)c(OCc2ccccc2)c1. The minimum Gasteiger partial charge on any atom is -0.488 e. The van der Waals surface area contributed by atoms with Crippen LogP contribution in [0.5, 0.6) is 5.75 Å². The van der Waals surface area contributed by atoms with Crippen molar-refractivity contribution in [2.45, 2.75) is 13.2 Å². The van der Waals surface area contributed by atoms with Gasteiger partial charge in [-0.1, -0.05) is 54.6 Å². The fourth-order valence-electron chi connectivity index (χ4n) is 2.42. The van der Waals surface area contributed by atoms with E-state index in [2.05, 4.69) is 0 Å². The molecule has 0 saturated carbocycles. The number of rotatable bonds is 5. The highest BCUT2D eigenvalue weighted by molar-refractivity contribution is 5.71. The normalized spacial score (nSPS) is 10.5. The summed E-state index contributed by atoms with van der Waals surface area (Å²) in [6.07, 6.45) is 0. The van der Waals surface area contributed by atoms with Crippen molar-refractivity contribution in [1.82, 2.24) is 0 Å². The maximum absolute atomic E-state index is 13.1. The van der Waals surface area contributed by atoms with Crippen molar-refractivity contribution in [3.63, 3.8) is 0 Å². The molecule has 2 nitrogen and oxygen atoms in total. The molecule has 0 heterocycles. The van der Waals surface area contributed by atoms with Gasteiger partial charge in [-0.2, -0.15) is 0 Å². The molecule has 0 aliphatic heterocycles. The van der Waals surface area contributed by atoms with Gasteiger partial charge in [-0.25, -0.2) is 4.39 Å². The average Bonchev–Trinajstić information content (AvgIpc) is 2.61. The van der Waals surface area contributed by atoms with Gasteiger partial charge in [-0.15, -0.1) is 0 Å². The van der Waals surface area contributed by atoms with E-state index >= 15 is 0 Å². The van der Waals surface area contributed by atoms with Crippen LogP contribution in [-0.2, 0) is 13.2 Å². The maximum Gasteiger partial charge on any atom is 0.127 e. The van der Waals surface area contributed by atoms with Crippen molar-refractivity contribution in [3.8, 4) is 16.9 Å². The Morgan fingerprint density at radius 2 is 1.57 bits per heavy atom. The minimum absolute atomic E-state index is 0.251. The lowest BCUT2D eigenvalue weighted by atomic mass is 10.0. The standard InChI is InChI=1S/C20H18FNO/c21-18-9-7-17(8-10-18)19-11-6-16(13-22)12-20(19)23-14-15-4-2-1-3-5-15/h1-12H,13-14,22H2. The van der Waals surface area contributed by atoms with Crippen molar-refractivity contribution in [2.75, 3.05) is 0 Å². The molecular formula is C20H18FNO. The first kappa shape index (κ1) is 15.3. The average molecular weight is 307 g/mol. The molecule has 2 N–H and O–H groups in total. The van der Waals surface area contributed by atoms with Gasteiger partial charge < -0.3 is 10.5 Å². The van der Waals surface area contributed by atoms with Crippen LogP contribution in [0.2, 0.25) is 0 Å². The Labute approximate surface area is 135 Å². The molecule has 0 amide bonds. The fourth-order valence-corrected chi connectivity index (χ4v) is 2.42. The van der Waals surface area contributed by atoms with Gasteiger partial charge in [0.15, 0.2) is 0 Å². The molecule has 0 saturated heterocycles. The van der Waals surface area contributed by atoms with E-state index < -0.39 is 0 Å². The summed E-state index contributed by atoms with van der Waals surface area (Å²) < 4.78 is 19.1. The number of halogens is 1. The maximum atomic E-state index is 13.1. The lowest BCUT2D eigenvalue weighted by Gasteiger charge is -2.13. The molecule has 0 aliphatic carbocycles. The van der Waals surface area contributed by atoms with E-state index in [9.17, 15) is 4.39 Å². The number of benzene rings is 3. The molecule has 3 aromatic rings. The van der Waals surface area contributed by atoms with Gasteiger partial charge in [0.05, 0.1) is 0 Å². The molecule has 23 heavy (non-hydrogen) atoms. The predicted octanol–water partition coefficient (Wildman–Crippen LogP) is 4.53. The van der Waals surface area contributed by atoms with Crippen LogP contribution in [0, 0.1) is 5.82 Å². The first-order valence-electron chi connectivity index (χ1n) is 7.52. The topological polar surface area (TPSA) is 35.2 Å². The van der Waals surface area contributed by atoms with Gasteiger partial charge in [0, 0.05) is 12.1 Å². The van der Waals surface area contributed by atoms with E-state index in [0.717, 1.165) is 28.0 Å². The van der Waals surface area contributed by atoms with E-state index in [4.69, 9.17) is 10.5 Å². The van der Waals surface area contributed by atoms with E-state index in [-0.39, 0.29) is 5.82 Å². The van der Waals surface area contributed by atoms with Crippen LogP contribution in [-0.4, -0.2) is 0 Å². The van der Waals surface area contributed by atoms with Gasteiger partial charge in [-0.3, -0.25) is 0 Å². The second-order valence-electron chi connectivity index (χ2n) is 5.32. The van der Waals surface area contributed by atoms with Crippen molar-refractivity contribution in [2.24, 2.45) is 5.73 Å². The summed E-state index contributed by atoms with van der Waals surface area (Å²) >= 11 is 0. The molecule has 0 radical (unpaired) electrons. The highest BCUT2D eigenvalue weighted by atomic mass is 19.1. The molecule has 0 unspecified atom stereocenters.